The first-order valence-electron chi connectivity index (χ1n) is 9.75. The highest BCUT2D eigenvalue weighted by molar-refractivity contribution is 6.05. The lowest BCUT2D eigenvalue weighted by Crippen LogP contribution is -2.43. The van der Waals surface area contributed by atoms with Gasteiger partial charge in [-0.05, 0) is 56.2 Å². The van der Waals surface area contributed by atoms with Gasteiger partial charge in [-0.2, -0.15) is 0 Å². The Kier molecular flexibility index (Phi) is 5.82. The van der Waals surface area contributed by atoms with Crippen LogP contribution in [0.15, 0.2) is 42.5 Å². The van der Waals surface area contributed by atoms with Crippen LogP contribution in [-0.4, -0.2) is 32.1 Å². The number of ether oxygens (including phenoxy) is 2. The van der Waals surface area contributed by atoms with E-state index in [-0.39, 0.29) is 17.7 Å². The van der Waals surface area contributed by atoms with Gasteiger partial charge in [0.05, 0.1) is 18.2 Å². The molecule has 0 unspecified atom stereocenters. The van der Waals surface area contributed by atoms with E-state index in [1.54, 1.807) is 54.5 Å². The largest absolute Gasteiger partial charge is 0.497 e. The van der Waals surface area contributed by atoms with Crippen LogP contribution in [0.4, 0.5) is 11.4 Å². The van der Waals surface area contributed by atoms with Crippen molar-refractivity contribution in [3.8, 4) is 11.5 Å². The summed E-state index contributed by atoms with van der Waals surface area (Å²) in [5.74, 6) is 1.31. The van der Waals surface area contributed by atoms with Crippen molar-refractivity contribution in [2.75, 3.05) is 30.5 Å². The molecular formula is C23H28N2O4. The number of fused-ring (bicyclic) bond motifs is 1. The van der Waals surface area contributed by atoms with Crippen LogP contribution < -0.4 is 19.7 Å². The fourth-order valence-corrected chi connectivity index (χ4v) is 3.24. The molecule has 29 heavy (non-hydrogen) atoms. The van der Waals surface area contributed by atoms with E-state index in [0.717, 1.165) is 0 Å². The van der Waals surface area contributed by atoms with Crippen molar-refractivity contribution in [2.45, 2.75) is 27.7 Å². The Morgan fingerprint density at radius 2 is 2.00 bits per heavy atom. The third kappa shape index (κ3) is 4.53. The molecule has 1 aliphatic heterocycles. The summed E-state index contributed by atoms with van der Waals surface area (Å²) in [6, 6.07) is 12.3. The summed E-state index contributed by atoms with van der Waals surface area (Å²) in [5.41, 5.74) is 1.14. The highest BCUT2D eigenvalue weighted by atomic mass is 16.5. The Labute approximate surface area is 171 Å². The van der Waals surface area contributed by atoms with Crippen LogP contribution in [0.2, 0.25) is 0 Å². The summed E-state index contributed by atoms with van der Waals surface area (Å²) >= 11 is 0. The van der Waals surface area contributed by atoms with Crippen molar-refractivity contribution in [2.24, 2.45) is 11.3 Å². The lowest BCUT2D eigenvalue weighted by atomic mass is 9.92. The van der Waals surface area contributed by atoms with Gasteiger partial charge in [-0.25, -0.2) is 0 Å². The molecule has 6 nitrogen and oxygen atoms in total. The van der Waals surface area contributed by atoms with Gasteiger partial charge >= 0.3 is 0 Å². The predicted molar refractivity (Wildman–Crippen MR) is 114 cm³/mol. The van der Waals surface area contributed by atoms with Gasteiger partial charge in [0.1, 0.15) is 18.1 Å². The SMILES string of the molecule is COc1cccc(C(=O)Nc2ccc3c(c2)N(CC(C)C)C(=O)C(C)(C)CO3)c1. The van der Waals surface area contributed by atoms with Crippen LogP contribution in [0.1, 0.15) is 38.1 Å². The van der Waals surface area contributed by atoms with Crippen molar-refractivity contribution in [3.05, 3.63) is 48.0 Å². The summed E-state index contributed by atoms with van der Waals surface area (Å²) in [6.45, 7) is 8.80. The second-order valence-corrected chi connectivity index (χ2v) is 8.35. The number of methoxy groups -OCH3 is 1. The molecule has 1 aliphatic rings. The van der Waals surface area contributed by atoms with E-state index in [0.29, 0.717) is 41.6 Å². The maximum atomic E-state index is 13.1. The summed E-state index contributed by atoms with van der Waals surface area (Å²) < 4.78 is 11.1. The Morgan fingerprint density at radius 1 is 1.24 bits per heavy atom. The first-order chi connectivity index (χ1) is 13.7. The molecule has 0 bridgehead atoms. The Hall–Kier alpha value is -3.02. The Bertz CT molecular complexity index is 921. The number of rotatable bonds is 5. The zero-order chi connectivity index (χ0) is 21.2. The van der Waals surface area contributed by atoms with E-state index in [2.05, 4.69) is 19.2 Å². The Balaban J connectivity index is 1.92. The van der Waals surface area contributed by atoms with E-state index in [9.17, 15) is 9.59 Å². The van der Waals surface area contributed by atoms with Gasteiger partial charge in [-0.15, -0.1) is 0 Å². The van der Waals surface area contributed by atoms with Gasteiger partial charge in [0.25, 0.3) is 5.91 Å². The molecule has 0 aromatic heterocycles. The summed E-state index contributed by atoms with van der Waals surface area (Å²) in [4.78, 5) is 27.6. The zero-order valence-corrected chi connectivity index (χ0v) is 17.6. The maximum Gasteiger partial charge on any atom is 0.255 e. The lowest BCUT2D eigenvalue weighted by Gasteiger charge is -2.29. The molecule has 0 atom stereocenters. The van der Waals surface area contributed by atoms with Gasteiger partial charge in [-0.1, -0.05) is 19.9 Å². The molecule has 6 heteroatoms. The number of carbonyl (C=O) groups is 2. The van der Waals surface area contributed by atoms with Crippen LogP contribution in [0.3, 0.4) is 0 Å². The molecule has 0 spiro atoms. The number of carbonyl (C=O) groups excluding carboxylic acids is 2. The first kappa shape index (κ1) is 20.7. The number of amides is 2. The van der Waals surface area contributed by atoms with Gasteiger partial charge in [-0.3, -0.25) is 9.59 Å². The van der Waals surface area contributed by atoms with Crippen LogP contribution in [0, 0.1) is 11.3 Å². The molecule has 0 fully saturated rings. The molecule has 0 radical (unpaired) electrons. The number of hydrogen-bond acceptors (Lipinski definition) is 4. The molecule has 2 aromatic carbocycles. The number of anilines is 2. The summed E-state index contributed by atoms with van der Waals surface area (Å²) in [6.07, 6.45) is 0. The summed E-state index contributed by atoms with van der Waals surface area (Å²) in [5, 5.41) is 2.90. The van der Waals surface area contributed by atoms with Crippen molar-refractivity contribution in [3.63, 3.8) is 0 Å². The molecule has 0 aliphatic carbocycles. The van der Waals surface area contributed by atoms with Gasteiger partial charge in [0.15, 0.2) is 0 Å². The summed E-state index contributed by atoms with van der Waals surface area (Å²) in [7, 11) is 1.56. The van der Waals surface area contributed by atoms with E-state index in [1.165, 1.54) is 0 Å². The number of nitrogens with one attached hydrogen (secondary N) is 1. The van der Waals surface area contributed by atoms with Crippen LogP contribution in [0.5, 0.6) is 11.5 Å². The molecule has 2 aromatic rings. The predicted octanol–water partition coefficient (Wildman–Crippen LogP) is 4.36. The molecule has 1 heterocycles. The minimum atomic E-state index is -0.627. The van der Waals surface area contributed by atoms with E-state index < -0.39 is 5.41 Å². The number of hydrogen-bond donors (Lipinski definition) is 1. The normalized spacial score (nSPS) is 15.4. The molecule has 1 N–H and O–H groups in total. The second kappa shape index (κ2) is 8.15. The monoisotopic (exact) mass is 396 g/mol. The van der Waals surface area contributed by atoms with Crippen LogP contribution >= 0.6 is 0 Å². The number of nitrogens with zero attached hydrogens (tertiary/aromatic N) is 1. The van der Waals surface area contributed by atoms with Crippen molar-refractivity contribution < 1.29 is 19.1 Å². The third-order valence-electron chi connectivity index (χ3n) is 4.80. The highest BCUT2D eigenvalue weighted by Gasteiger charge is 2.38. The standard InChI is InChI=1S/C23H28N2O4/c1-15(2)13-25-19-12-17(9-10-20(19)29-14-23(3,4)22(25)27)24-21(26)16-7-6-8-18(11-16)28-5/h6-12,15H,13-14H2,1-5H3,(H,24,26). The van der Waals surface area contributed by atoms with Crippen LogP contribution in [-0.2, 0) is 4.79 Å². The molecular weight excluding hydrogens is 368 g/mol. The van der Waals surface area contributed by atoms with Crippen molar-refractivity contribution in [1.82, 2.24) is 0 Å². The minimum Gasteiger partial charge on any atom is -0.497 e. The van der Waals surface area contributed by atoms with Crippen molar-refractivity contribution in [1.29, 1.82) is 0 Å². The molecule has 3 rings (SSSR count). The Morgan fingerprint density at radius 3 is 2.69 bits per heavy atom. The lowest BCUT2D eigenvalue weighted by molar-refractivity contribution is -0.127. The van der Waals surface area contributed by atoms with E-state index in [4.69, 9.17) is 9.47 Å². The molecule has 2 amide bonds. The van der Waals surface area contributed by atoms with Crippen LogP contribution in [0.25, 0.3) is 0 Å². The third-order valence-corrected chi connectivity index (χ3v) is 4.80. The topological polar surface area (TPSA) is 67.9 Å². The maximum absolute atomic E-state index is 13.1. The molecule has 0 saturated carbocycles. The average Bonchev–Trinajstić information content (AvgIpc) is 2.78. The molecule has 0 saturated heterocycles. The van der Waals surface area contributed by atoms with E-state index >= 15 is 0 Å². The number of benzene rings is 2. The fourth-order valence-electron chi connectivity index (χ4n) is 3.24. The van der Waals surface area contributed by atoms with Gasteiger partial charge in [0.2, 0.25) is 5.91 Å². The highest BCUT2D eigenvalue weighted by Crippen LogP contribution is 2.38. The first-order valence-corrected chi connectivity index (χ1v) is 9.75. The second-order valence-electron chi connectivity index (χ2n) is 8.35. The quantitative estimate of drug-likeness (QED) is 0.816. The fraction of sp³-hybridized carbons (Fsp3) is 0.391. The van der Waals surface area contributed by atoms with Crippen molar-refractivity contribution >= 4 is 23.2 Å². The van der Waals surface area contributed by atoms with E-state index in [1.807, 2.05) is 13.8 Å². The van der Waals surface area contributed by atoms with Gasteiger partial charge < -0.3 is 19.7 Å². The smallest absolute Gasteiger partial charge is 0.255 e. The average molecular weight is 396 g/mol. The van der Waals surface area contributed by atoms with Gasteiger partial charge in [0, 0.05) is 17.8 Å². The minimum absolute atomic E-state index is 0.0150. The zero-order valence-electron chi connectivity index (χ0n) is 17.6. The molecule has 154 valence electrons.